The summed E-state index contributed by atoms with van der Waals surface area (Å²) in [6.45, 7) is 0. The maximum Gasteiger partial charge on any atom is 0.328 e. The Hall–Kier alpha value is -3.28. The molecule has 0 aromatic heterocycles. The molecule has 3 N–H and O–H groups in total. The topological polar surface area (TPSA) is 95.9 Å². The Kier molecular flexibility index (Phi) is 6.17. The average Bonchev–Trinajstić information content (AvgIpc) is 2.62. The first kappa shape index (κ1) is 18.1. The maximum absolute atomic E-state index is 12.1. The van der Waals surface area contributed by atoms with Gasteiger partial charge in [-0.15, -0.1) is 0 Å². The lowest BCUT2D eigenvalue weighted by Crippen LogP contribution is -2.42. The number of benzene rings is 2. The molecule has 0 bridgehead atoms. The van der Waals surface area contributed by atoms with Crippen LogP contribution < -0.4 is 5.32 Å². The fourth-order valence-corrected chi connectivity index (χ4v) is 2.18. The van der Waals surface area contributed by atoms with Gasteiger partial charge in [0, 0.05) is 12.5 Å². The highest BCUT2D eigenvalue weighted by Crippen LogP contribution is 2.12. The molecule has 0 saturated heterocycles. The highest BCUT2D eigenvalue weighted by molar-refractivity contribution is 5.94. The van der Waals surface area contributed by atoms with Gasteiger partial charge in [0.2, 0.25) is 5.91 Å². The number of carbonyl (C=O) groups is 2. The molecule has 0 saturated carbocycles. The number of amides is 1. The quantitative estimate of drug-likeness (QED) is 0.552. The highest BCUT2D eigenvalue weighted by Gasteiger charge is 2.21. The zero-order valence-electron chi connectivity index (χ0n) is 13.7. The summed E-state index contributed by atoms with van der Waals surface area (Å²) < 4.78 is 4.73. The van der Waals surface area contributed by atoms with Crippen molar-refractivity contribution in [1.82, 2.24) is 5.32 Å². The fourth-order valence-electron chi connectivity index (χ4n) is 2.18. The molecule has 25 heavy (non-hydrogen) atoms. The van der Waals surface area contributed by atoms with Gasteiger partial charge >= 0.3 is 5.97 Å². The third kappa shape index (κ3) is 5.69. The van der Waals surface area contributed by atoms with E-state index in [9.17, 15) is 19.8 Å². The first-order valence-corrected chi connectivity index (χ1v) is 7.61. The van der Waals surface area contributed by atoms with Gasteiger partial charge in [0.05, 0.1) is 7.11 Å². The van der Waals surface area contributed by atoms with Crippen LogP contribution in [0.2, 0.25) is 0 Å². The summed E-state index contributed by atoms with van der Waals surface area (Å²) >= 11 is 0. The molecular formula is C19H19NO5. The number of phenolic OH excluding ortho intramolecular Hbond substituents is 2. The number of aromatic hydroxyl groups is 2. The van der Waals surface area contributed by atoms with Gasteiger partial charge < -0.3 is 20.3 Å². The minimum Gasteiger partial charge on any atom is -0.508 e. The van der Waals surface area contributed by atoms with Crippen molar-refractivity contribution >= 4 is 18.0 Å². The standard InChI is InChI=1S/C19H19NO5/c1-25-19(24)17(12-14-4-9-16(22)10-5-14)20-18(23)11-6-13-2-7-15(21)8-3-13/h2-11,17,21-22H,12H2,1H3,(H,20,23). The molecule has 0 spiro atoms. The number of hydrogen-bond acceptors (Lipinski definition) is 5. The van der Waals surface area contributed by atoms with Gasteiger partial charge in [0.15, 0.2) is 0 Å². The number of hydrogen-bond donors (Lipinski definition) is 3. The lowest BCUT2D eigenvalue weighted by molar-refractivity contribution is -0.144. The van der Waals surface area contributed by atoms with Crippen LogP contribution >= 0.6 is 0 Å². The van der Waals surface area contributed by atoms with Gasteiger partial charge in [-0.25, -0.2) is 4.79 Å². The van der Waals surface area contributed by atoms with E-state index in [0.717, 1.165) is 11.1 Å². The monoisotopic (exact) mass is 341 g/mol. The van der Waals surface area contributed by atoms with Crippen molar-refractivity contribution < 1.29 is 24.5 Å². The summed E-state index contributed by atoms with van der Waals surface area (Å²) in [5.41, 5.74) is 1.51. The van der Waals surface area contributed by atoms with E-state index in [1.807, 2.05) is 0 Å². The summed E-state index contributed by atoms with van der Waals surface area (Å²) in [6, 6.07) is 11.9. The maximum atomic E-state index is 12.1. The average molecular weight is 341 g/mol. The van der Waals surface area contributed by atoms with E-state index in [4.69, 9.17) is 4.74 Å². The van der Waals surface area contributed by atoms with Gasteiger partial charge in [-0.05, 0) is 41.5 Å². The molecule has 6 nitrogen and oxygen atoms in total. The molecule has 0 aliphatic carbocycles. The number of esters is 1. The van der Waals surface area contributed by atoms with Gasteiger partial charge in [-0.1, -0.05) is 24.3 Å². The normalized spacial score (nSPS) is 11.9. The number of carbonyl (C=O) groups excluding carboxylic acids is 2. The Balaban J connectivity index is 2.02. The van der Waals surface area contributed by atoms with Crippen molar-refractivity contribution in [2.45, 2.75) is 12.5 Å². The van der Waals surface area contributed by atoms with E-state index in [1.165, 1.54) is 37.5 Å². The van der Waals surface area contributed by atoms with Gasteiger partial charge in [0.1, 0.15) is 17.5 Å². The summed E-state index contributed by atoms with van der Waals surface area (Å²) in [7, 11) is 1.25. The fraction of sp³-hybridized carbons (Fsp3) is 0.158. The van der Waals surface area contributed by atoms with Gasteiger partial charge in [-0.3, -0.25) is 4.79 Å². The minimum absolute atomic E-state index is 0.124. The molecule has 2 aromatic carbocycles. The van der Waals surface area contributed by atoms with Crippen molar-refractivity contribution in [3.05, 3.63) is 65.7 Å². The van der Waals surface area contributed by atoms with Crippen LogP contribution in [0.4, 0.5) is 0 Å². The zero-order chi connectivity index (χ0) is 18.2. The molecule has 0 aliphatic rings. The van der Waals surface area contributed by atoms with E-state index in [0.29, 0.717) is 0 Å². The zero-order valence-corrected chi connectivity index (χ0v) is 13.7. The largest absolute Gasteiger partial charge is 0.508 e. The summed E-state index contributed by atoms with van der Waals surface area (Å²) in [4.78, 5) is 24.0. The summed E-state index contributed by atoms with van der Waals surface area (Å²) in [6.07, 6.45) is 3.12. The Labute approximate surface area is 145 Å². The SMILES string of the molecule is COC(=O)C(Cc1ccc(O)cc1)NC(=O)C=Cc1ccc(O)cc1. The minimum atomic E-state index is -0.841. The second kappa shape index (κ2) is 8.54. The molecular weight excluding hydrogens is 322 g/mol. The van der Waals surface area contributed by atoms with E-state index in [1.54, 1.807) is 30.3 Å². The second-order valence-electron chi connectivity index (χ2n) is 5.38. The van der Waals surface area contributed by atoms with Crippen molar-refractivity contribution in [3.63, 3.8) is 0 Å². The molecule has 1 unspecified atom stereocenters. The number of rotatable bonds is 6. The van der Waals surface area contributed by atoms with Crippen LogP contribution in [0.15, 0.2) is 54.6 Å². The molecule has 0 aliphatic heterocycles. The second-order valence-corrected chi connectivity index (χ2v) is 5.38. The lowest BCUT2D eigenvalue weighted by Gasteiger charge is -2.15. The summed E-state index contributed by atoms with van der Waals surface area (Å²) in [5.74, 6) is -0.734. The molecule has 0 fully saturated rings. The van der Waals surface area contributed by atoms with Crippen LogP contribution in [-0.4, -0.2) is 35.2 Å². The van der Waals surface area contributed by atoms with Crippen molar-refractivity contribution in [2.24, 2.45) is 0 Å². The number of nitrogens with one attached hydrogen (secondary N) is 1. The highest BCUT2D eigenvalue weighted by atomic mass is 16.5. The number of ether oxygens (including phenoxy) is 1. The van der Waals surface area contributed by atoms with Crippen LogP contribution in [0.25, 0.3) is 6.08 Å². The van der Waals surface area contributed by atoms with Crippen LogP contribution in [0, 0.1) is 0 Å². The predicted octanol–water partition coefficient (Wildman–Crippen LogP) is 2.01. The van der Waals surface area contributed by atoms with Gasteiger partial charge in [-0.2, -0.15) is 0 Å². The molecule has 1 amide bonds. The molecule has 1 atom stereocenters. The Morgan fingerprint density at radius 1 is 1.04 bits per heavy atom. The third-order valence-electron chi connectivity index (χ3n) is 3.50. The molecule has 130 valence electrons. The van der Waals surface area contributed by atoms with E-state index in [2.05, 4.69) is 5.32 Å². The number of methoxy groups -OCH3 is 1. The molecule has 0 radical (unpaired) electrons. The van der Waals surface area contributed by atoms with Gasteiger partial charge in [0.25, 0.3) is 0 Å². The van der Waals surface area contributed by atoms with E-state index >= 15 is 0 Å². The third-order valence-corrected chi connectivity index (χ3v) is 3.50. The molecule has 2 rings (SSSR count). The van der Waals surface area contributed by atoms with Crippen LogP contribution in [0.5, 0.6) is 11.5 Å². The van der Waals surface area contributed by atoms with Crippen molar-refractivity contribution in [2.75, 3.05) is 7.11 Å². The first-order valence-electron chi connectivity index (χ1n) is 7.61. The van der Waals surface area contributed by atoms with Crippen LogP contribution in [-0.2, 0) is 20.7 Å². The molecule has 2 aromatic rings. The number of phenols is 2. The Morgan fingerprint density at radius 2 is 1.60 bits per heavy atom. The smallest absolute Gasteiger partial charge is 0.328 e. The van der Waals surface area contributed by atoms with E-state index < -0.39 is 17.9 Å². The predicted molar refractivity (Wildman–Crippen MR) is 92.9 cm³/mol. The lowest BCUT2D eigenvalue weighted by atomic mass is 10.1. The van der Waals surface area contributed by atoms with E-state index in [-0.39, 0.29) is 17.9 Å². The molecule has 6 heteroatoms. The van der Waals surface area contributed by atoms with Crippen LogP contribution in [0.1, 0.15) is 11.1 Å². The Morgan fingerprint density at radius 3 is 2.16 bits per heavy atom. The summed E-state index contributed by atoms with van der Waals surface area (Å²) in [5, 5.41) is 21.1. The van der Waals surface area contributed by atoms with Crippen molar-refractivity contribution in [1.29, 1.82) is 0 Å². The van der Waals surface area contributed by atoms with Crippen molar-refractivity contribution in [3.8, 4) is 11.5 Å². The van der Waals surface area contributed by atoms with Crippen LogP contribution in [0.3, 0.4) is 0 Å². The first-order chi connectivity index (χ1) is 12.0. The molecule has 0 heterocycles. The Bertz CT molecular complexity index is 750.